The molecule has 0 amide bonds. The maximum absolute atomic E-state index is 11.6. The zero-order valence-corrected chi connectivity index (χ0v) is 5.55. The summed E-state index contributed by atoms with van der Waals surface area (Å²) >= 11 is 0. The van der Waals surface area contributed by atoms with Crippen LogP contribution in [0.3, 0.4) is 0 Å². The zero-order chi connectivity index (χ0) is 9.28. The number of hydrogen-bond donors (Lipinski definition) is 1. The normalized spacial score (nSPS) is 17.5. The van der Waals surface area contributed by atoms with Gasteiger partial charge in [0, 0.05) is 4.92 Å². The molecule has 0 aromatic carbocycles. The topological polar surface area (TPSA) is 63.4 Å². The molecule has 11 heavy (non-hydrogen) atoms. The maximum Gasteiger partial charge on any atom is 0.423 e. The summed E-state index contributed by atoms with van der Waals surface area (Å²) < 4.78 is 34.9. The Labute approximate surface area is 59.8 Å². The zero-order valence-electron chi connectivity index (χ0n) is 5.55. The summed E-state index contributed by atoms with van der Waals surface area (Å²) in [6.07, 6.45) is -4.96. The van der Waals surface area contributed by atoms with Crippen LogP contribution in [-0.4, -0.2) is 28.4 Å². The van der Waals surface area contributed by atoms with E-state index in [0.29, 0.717) is 6.92 Å². The van der Waals surface area contributed by atoms with Crippen molar-refractivity contribution in [2.24, 2.45) is 0 Å². The molecule has 1 unspecified atom stereocenters. The molecular formula is C4H6F3NO3. The second-order valence-corrected chi connectivity index (χ2v) is 2.26. The number of hydrogen-bond acceptors (Lipinski definition) is 3. The van der Waals surface area contributed by atoms with Gasteiger partial charge in [0.05, 0.1) is 0 Å². The monoisotopic (exact) mass is 173 g/mol. The van der Waals surface area contributed by atoms with E-state index in [9.17, 15) is 23.3 Å². The Morgan fingerprint density at radius 1 is 1.55 bits per heavy atom. The third kappa shape index (κ3) is 2.71. The van der Waals surface area contributed by atoms with Crippen LogP contribution in [0.15, 0.2) is 0 Å². The lowest BCUT2D eigenvalue weighted by Crippen LogP contribution is -2.47. The fourth-order valence-corrected chi connectivity index (χ4v) is 0.341. The number of nitro groups is 1. The predicted molar refractivity (Wildman–Crippen MR) is 28.5 cm³/mol. The summed E-state index contributed by atoms with van der Waals surface area (Å²) in [5.41, 5.74) is -3.24. The second kappa shape index (κ2) is 2.65. The predicted octanol–water partition coefficient (Wildman–Crippen LogP) is 0.576. The van der Waals surface area contributed by atoms with Crippen molar-refractivity contribution in [3.05, 3.63) is 10.1 Å². The highest BCUT2D eigenvalue weighted by atomic mass is 19.4. The van der Waals surface area contributed by atoms with E-state index in [1.165, 1.54) is 0 Å². The molecule has 0 saturated heterocycles. The average molecular weight is 173 g/mol. The van der Waals surface area contributed by atoms with Crippen LogP contribution in [0.25, 0.3) is 0 Å². The van der Waals surface area contributed by atoms with Crippen molar-refractivity contribution < 1.29 is 23.2 Å². The number of halogens is 3. The van der Waals surface area contributed by atoms with Crippen molar-refractivity contribution >= 4 is 0 Å². The van der Waals surface area contributed by atoms with Gasteiger partial charge >= 0.3 is 6.18 Å². The van der Waals surface area contributed by atoms with E-state index in [1.807, 2.05) is 0 Å². The molecule has 0 aromatic rings. The molecule has 7 heteroatoms. The average Bonchev–Trinajstić information content (AvgIpc) is 1.56. The standard InChI is InChI=1S/C4H6F3NO3/c1-3(9,2-8(10)11)4(5,6)7/h9H,2H2,1H3. The highest BCUT2D eigenvalue weighted by Crippen LogP contribution is 2.29. The molecular weight excluding hydrogens is 167 g/mol. The molecule has 4 nitrogen and oxygen atoms in total. The van der Waals surface area contributed by atoms with Gasteiger partial charge in [0.25, 0.3) is 0 Å². The lowest BCUT2D eigenvalue weighted by Gasteiger charge is -2.21. The van der Waals surface area contributed by atoms with Crippen molar-refractivity contribution in [3.63, 3.8) is 0 Å². The highest BCUT2D eigenvalue weighted by molar-refractivity contribution is 4.80. The third-order valence-electron chi connectivity index (χ3n) is 1.05. The van der Waals surface area contributed by atoms with Crippen molar-refractivity contribution in [3.8, 4) is 0 Å². The van der Waals surface area contributed by atoms with E-state index in [0.717, 1.165) is 0 Å². The molecule has 0 saturated carbocycles. The summed E-state index contributed by atoms with van der Waals surface area (Å²) in [7, 11) is 0. The lowest BCUT2D eigenvalue weighted by molar-refractivity contribution is -0.513. The first-order valence-electron chi connectivity index (χ1n) is 2.58. The smallest absolute Gasteiger partial charge is 0.376 e. The van der Waals surface area contributed by atoms with Crippen LogP contribution >= 0.6 is 0 Å². The van der Waals surface area contributed by atoms with Crippen molar-refractivity contribution in [1.29, 1.82) is 0 Å². The quantitative estimate of drug-likeness (QED) is 0.490. The van der Waals surface area contributed by atoms with E-state index in [2.05, 4.69) is 0 Å². The van der Waals surface area contributed by atoms with E-state index in [1.54, 1.807) is 0 Å². The Kier molecular flexibility index (Phi) is 2.44. The Bertz CT molecular complexity index is 164. The van der Waals surface area contributed by atoms with Crippen LogP contribution in [0.4, 0.5) is 13.2 Å². The molecule has 0 spiro atoms. The number of aliphatic hydroxyl groups is 1. The minimum atomic E-state index is -4.96. The molecule has 0 bridgehead atoms. The van der Waals surface area contributed by atoms with Gasteiger partial charge in [0.2, 0.25) is 12.1 Å². The molecule has 66 valence electrons. The largest absolute Gasteiger partial charge is 0.423 e. The van der Waals surface area contributed by atoms with Gasteiger partial charge in [0.15, 0.2) is 0 Å². The van der Waals surface area contributed by atoms with Crippen molar-refractivity contribution in [2.45, 2.75) is 18.7 Å². The minimum absolute atomic E-state index is 0.357. The van der Waals surface area contributed by atoms with Gasteiger partial charge in [-0.25, -0.2) is 0 Å². The van der Waals surface area contributed by atoms with Crippen LogP contribution in [-0.2, 0) is 0 Å². The fraction of sp³-hybridized carbons (Fsp3) is 1.00. The van der Waals surface area contributed by atoms with Crippen LogP contribution in [0.5, 0.6) is 0 Å². The van der Waals surface area contributed by atoms with Gasteiger partial charge in [-0.3, -0.25) is 10.1 Å². The summed E-state index contributed by atoms with van der Waals surface area (Å²) in [6, 6.07) is 0. The lowest BCUT2D eigenvalue weighted by atomic mass is 10.1. The molecule has 1 atom stereocenters. The number of nitrogens with zero attached hydrogens (tertiary/aromatic N) is 1. The van der Waals surface area contributed by atoms with Crippen LogP contribution in [0, 0.1) is 10.1 Å². The van der Waals surface area contributed by atoms with Gasteiger partial charge in [0.1, 0.15) is 0 Å². The number of rotatable bonds is 2. The summed E-state index contributed by atoms with van der Waals surface area (Å²) in [5.74, 6) is 0. The molecule has 0 aliphatic carbocycles. The first kappa shape index (κ1) is 10.2. The van der Waals surface area contributed by atoms with Gasteiger partial charge in [-0.15, -0.1) is 0 Å². The molecule has 0 rings (SSSR count). The summed E-state index contributed by atoms with van der Waals surface area (Å²) in [5, 5.41) is 18.1. The van der Waals surface area contributed by atoms with E-state index >= 15 is 0 Å². The van der Waals surface area contributed by atoms with Crippen LogP contribution in [0.1, 0.15) is 6.92 Å². The van der Waals surface area contributed by atoms with Crippen molar-refractivity contribution in [1.82, 2.24) is 0 Å². The van der Waals surface area contributed by atoms with E-state index < -0.39 is 23.2 Å². The van der Waals surface area contributed by atoms with Crippen LogP contribution in [0.2, 0.25) is 0 Å². The van der Waals surface area contributed by atoms with Crippen LogP contribution < -0.4 is 0 Å². The molecule has 0 radical (unpaired) electrons. The van der Waals surface area contributed by atoms with Gasteiger partial charge in [-0.1, -0.05) is 0 Å². The first-order chi connectivity index (χ1) is 4.67. The summed E-state index contributed by atoms with van der Waals surface area (Å²) in [4.78, 5) is 8.39. The highest BCUT2D eigenvalue weighted by Gasteiger charge is 2.53. The minimum Gasteiger partial charge on any atom is -0.376 e. The fourth-order valence-electron chi connectivity index (χ4n) is 0.341. The Hall–Kier alpha value is -0.850. The van der Waals surface area contributed by atoms with E-state index in [-0.39, 0.29) is 0 Å². The molecule has 0 aliphatic rings. The Morgan fingerprint density at radius 2 is 1.91 bits per heavy atom. The second-order valence-electron chi connectivity index (χ2n) is 2.26. The van der Waals surface area contributed by atoms with Gasteiger partial charge in [-0.2, -0.15) is 13.2 Å². The Balaban J connectivity index is 4.34. The summed E-state index contributed by atoms with van der Waals surface area (Å²) in [6.45, 7) is -1.17. The SMILES string of the molecule is CC(O)(C[N+](=O)[O-])C(F)(F)F. The molecule has 0 aromatic heterocycles. The Morgan fingerprint density at radius 3 is 2.00 bits per heavy atom. The molecule has 0 fully saturated rings. The van der Waals surface area contributed by atoms with Gasteiger partial charge in [-0.05, 0) is 6.92 Å². The maximum atomic E-state index is 11.6. The number of alkyl halides is 3. The van der Waals surface area contributed by atoms with Gasteiger partial charge < -0.3 is 5.11 Å². The van der Waals surface area contributed by atoms with E-state index in [4.69, 9.17) is 5.11 Å². The molecule has 0 heterocycles. The van der Waals surface area contributed by atoms with Crippen molar-refractivity contribution in [2.75, 3.05) is 6.54 Å². The molecule has 0 aliphatic heterocycles. The third-order valence-corrected chi connectivity index (χ3v) is 1.05. The molecule has 1 N–H and O–H groups in total. The first-order valence-corrected chi connectivity index (χ1v) is 2.58.